The SMILES string of the molecule is CC(C)c1ccc(NC(=O)CNc2cccc(S(=O)(=O)N3CCNC(=O)C3)c2)cc1. The Hall–Kier alpha value is -2.91. The molecule has 0 radical (unpaired) electrons. The molecule has 1 heterocycles. The standard InChI is InChI=1S/C21H26N4O4S/c1-15(2)16-6-8-17(9-7-16)24-20(26)13-23-18-4-3-5-19(12-18)30(28,29)25-11-10-22-21(27)14-25/h3-9,12,15,23H,10-11,13-14H2,1-2H3,(H,22,27)(H,24,26). The Morgan fingerprint density at radius 1 is 1.13 bits per heavy atom. The molecule has 1 aliphatic rings. The molecule has 1 fully saturated rings. The maximum Gasteiger partial charge on any atom is 0.243 e. The molecule has 2 amide bonds. The minimum atomic E-state index is -3.78. The maximum atomic E-state index is 12.8. The summed E-state index contributed by atoms with van der Waals surface area (Å²) in [5.41, 5.74) is 2.39. The van der Waals surface area contributed by atoms with Crippen LogP contribution < -0.4 is 16.0 Å². The summed E-state index contributed by atoms with van der Waals surface area (Å²) in [7, 11) is -3.78. The number of hydrogen-bond acceptors (Lipinski definition) is 5. The van der Waals surface area contributed by atoms with Crippen molar-refractivity contribution in [1.82, 2.24) is 9.62 Å². The summed E-state index contributed by atoms with van der Waals surface area (Å²) in [6, 6.07) is 13.9. The van der Waals surface area contributed by atoms with E-state index in [0.29, 0.717) is 17.3 Å². The number of rotatable bonds is 7. The van der Waals surface area contributed by atoms with E-state index in [9.17, 15) is 18.0 Å². The van der Waals surface area contributed by atoms with Gasteiger partial charge in [-0.05, 0) is 41.8 Å². The second kappa shape index (κ2) is 9.27. The minimum absolute atomic E-state index is 0.0123. The van der Waals surface area contributed by atoms with Gasteiger partial charge in [0.25, 0.3) is 0 Å². The molecule has 2 aromatic rings. The van der Waals surface area contributed by atoms with E-state index in [1.807, 2.05) is 24.3 Å². The third-order valence-corrected chi connectivity index (χ3v) is 6.63. The first-order valence-electron chi connectivity index (χ1n) is 9.76. The molecule has 0 spiro atoms. The summed E-state index contributed by atoms with van der Waals surface area (Å²) in [6.45, 7) is 4.51. The van der Waals surface area contributed by atoms with Gasteiger partial charge in [-0.15, -0.1) is 0 Å². The number of benzene rings is 2. The average Bonchev–Trinajstić information content (AvgIpc) is 2.73. The van der Waals surface area contributed by atoms with Crippen molar-refractivity contribution in [3.8, 4) is 0 Å². The number of carbonyl (C=O) groups is 2. The molecule has 3 rings (SSSR count). The molecular weight excluding hydrogens is 404 g/mol. The van der Waals surface area contributed by atoms with Gasteiger partial charge in [0, 0.05) is 24.5 Å². The number of anilines is 2. The zero-order valence-electron chi connectivity index (χ0n) is 17.0. The molecule has 0 atom stereocenters. The van der Waals surface area contributed by atoms with Crippen LogP contribution in [0.25, 0.3) is 0 Å². The van der Waals surface area contributed by atoms with Crippen LogP contribution in [0.5, 0.6) is 0 Å². The van der Waals surface area contributed by atoms with Crippen LogP contribution in [-0.2, 0) is 19.6 Å². The average molecular weight is 431 g/mol. The van der Waals surface area contributed by atoms with Crippen LogP contribution >= 0.6 is 0 Å². The fourth-order valence-electron chi connectivity index (χ4n) is 3.07. The van der Waals surface area contributed by atoms with E-state index in [4.69, 9.17) is 0 Å². The van der Waals surface area contributed by atoms with Gasteiger partial charge in [0.1, 0.15) is 0 Å². The Balaban J connectivity index is 1.61. The minimum Gasteiger partial charge on any atom is -0.376 e. The largest absolute Gasteiger partial charge is 0.376 e. The number of piperazine rings is 1. The third kappa shape index (κ3) is 5.37. The molecule has 160 valence electrons. The first kappa shape index (κ1) is 21.8. The summed E-state index contributed by atoms with van der Waals surface area (Å²) in [5, 5.41) is 8.36. The lowest BCUT2D eigenvalue weighted by Crippen LogP contribution is -2.49. The summed E-state index contributed by atoms with van der Waals surface area (Å²) < 4.78 is 26.7. The van der Waals surface area contributed by atoms with Crippen LogP contribution in [0.15, 0.2) is 53.4 Å². The van der Waals surface area contributed by atoms with Gasteiger partial charge >= 0.3 is 0 Å². The van der Waals surface area contributed by atoms with Crippen molar-refractivity contribution >= 4 is 33.2 Å². The number of amides is 2. The van der Waals surface area contributed by atoms with Crippen LogP contribution in [0, 0.1) is 0 Å². The van der Waals surface area contributed by atoms with E-state index in [1.54, 1.807) is 12.1 Å². The van der Waals surface area contributed by atoms with Crippen LogP contribution in [0.1, 0.15) is 25.3 Å². The van der Waals surface area contributed by atoms with E-state index >= 15 is 0 Å². The first-order valence-corrected chi connectivity index (χ1v) is 11.2. The van der Waals surface area contributed by atoms with Crippen molar-refractivity contribution < 1.29 is 18.0 Å². The number of hydrogen-bond donors (Lipinski definition) is 3. The Morgan fingerprint density at radius 3 is 2.53 bits per heavy atom. The zero-order valence-corrected chi connectivity index (χ0v) is 17.8. The van der Waals surface area contributed by atoms with E-state index in [0.717, 1.165) is 4.31 Å². The topological polar surface area (TPSA) is 108 Å². The predicted molar refractivity (Wildman–Crippen MR) is 116 cm³/mol. The Bertz CT molecular complexity index is 1020. The van der Waals surface area contributed by atoms with Gasteiger partial charge in [0.05, 0.1) is 18.0 Å². The van der Waals surface area contributed by atoms with Crippen molar-refractivity contribution in [3.63, 3.8) is 0 Å². The Morgan fingerprint density at radius 2 is 1.87 bits per heavy atom. The fraction of sp³-hybridized carbons (Fsp3) is 0.333. The molecule has 0 saturated carbocycles. The quantitative estimate of drug-likeness (QED) is 0.623. The van der Waals surface area contributed by atoms with Gasteiger partial charge in [0.15, 0.2) is 0 Å². The lowest BCUT2D eigenvalue weighted by molar-refractivity contribution is -0.122. The van der Waals surface area contributed by atoms with E-state index in [1.165, 1.54) is 17.7 Å². The van der Waals surface area contributed by atoms with Crippen molar-refractivity contribution in [2.45, 2.75) is 24.7 Å². The van der Waals surface area contributed by atoms with Crippen LogP contribution in [-0.4, -0.2) is 50.7 Å². The highest BCUT2D eigenvalue weighted by molar-refractivity contribution is 7.89. The Labute approximate surface area is 176 Å². The molecule has 0 aliphatic carbocycles. The maximum absolute atomic E-state index is 12.8. The third-order valence-electron chi connectivity index (χ3n) is 4.79. The van der Waals surface area contributed by atoms with Crippen molar-refractivity contribution in [3.05, 3.63) is 54.1 Å². The van der Waals surface area contributed by atoms with Gasteiger partial charge in [0.2, 0.25) is 21.8 Å². The number of carbonyl (C=O) groups excluding carboxylic acids is 2. The fourth-order valence-corrected chi connectivity index (χ4v) is 4.52. The molecule has 0 bridgehead atoms. The molecule has 2 aromatic carbocycles. The van der Waals surface area contributed by atoms with E-state index in [2.05, 4.69) is 29.8 Å². The van der Waals surface area contributed by atoms with E-state index in [-0.39, 0.29) is 42.9 Å². The monoisotopic (exact) mass is 430 g/mol. The van der Waals surface area contributed by atoms with Gasteiger partial charge < -0.3 is 16.0 Å². The van der Waals surface area contributed by atoms with Gasteiger partial charge in [-0.25, -0.2) is 8.42 Å². The lowest BCUT2D eigenvalue weighted by atomic mass is 10.0. The highest BCUT2D eigenvalue weighted by atomic mass is 32.2. The second-order valence-electron chi connectivity index (χ2n) is 7.39. The normalized spacial score (nSPS) is 15.0. The highest BCUT2D eigenvalue weighted by Gasteiger charge is 2.29. The first-order chi connectivity index (χ1) is 14.3. The van der Waals surface area contributed by atoms with Crippen LogP contribution in [0.4, 0.5) is 11.4 Å². The molecule has 1 aliphatic heterocycles. The molecule has 9 heteroatoms. The van der Waals surface area contributed by atoms with Crippen LogP contribution in [0.3, 0.4) is 0 Å². The van der Waals surface area contributed by atoms with Crippen molar-refractivity contribution in [2.24, 2.45) is 0 Å². The van der Waals surface area contributed by atoms with Crippen molar-refractivity contribution in [1.29, 1.82) is 0 Å². The molecule has 3 N–H and O–H groups in total. The van der Waals surface area contributed by atoms with Crippen LogP contribution in [0.2, 0.25) is 0 Å². The van der Waals surface area contributed by atoms with E-state index < -0.39 is 10.0 Å². The van der Waals surface area contributed by atoms with Crippen molar-refractivity contribution in [2.75, 3.05) is 36.8 Å². The molecule has 0 unspecified atom stereocenters. The second-order valence-corrected chi connectivity index (χ2v) is 9.33. The number of nitrogens with zero attached hydrogens (tertiary/aromatic N) is 1. The summed E-state index contributed by atoms with van der Waals surface area (Å²) in [6.07, 6.45) is 0. The Kier molecular flexibility index (Phi) is 6.73. The molecule has 30 heavy (non-hydrogen) atoms. The molecule has 1 saturated heterocycles. The summed E-state index contributed by atoms with van der Waals surface area (Å²) in [4.78, 5) is 23.8. The summed E-state index contributed by atoms with van der Waals surface area (Å²) in [5.74, 6) is -0.148. The highest BCUT2D eigenvalue weighted by Crippen LogP contribution is 2.20. The van der Waals surface area contributed by atoms with Gasteiger partial charge in [-0.1, -0.05) is 32.0 Å². The zero-order chi connectivity index (χ0) is 21.7. The molecule has 8 nitrogen and oxygen atoms in total. The number of nitrogens with one attached hydrogen (secondary N) is 3. The predicted octanol–water partition coefficient (Wildman–Crippen LogP) is 1.98. The smallest absolute Gasteiger partial charge is 0.243 e. The number of sulfonamides is 1. The van der Waals surface area contributed by atoms with Gasteiger partial charge in [-0.2, -0.15) is 4.31 Å². The molecule has 0 aromatic heterocycles. The molecular formula is C21H26N4O4S. The lowest BCUT2D eigenvalue weighted by Gasteiger charge is -2.26. The van der Waals surface area contributed by atoms with Gasteiger partial charge in [-0.3, -0.25) is 9.59 Å². The summed E-state index contributed by atoms with van der Waals surface area (Å²) >= 11 is 0.